The summed E-state index contributed by atoms with van der Waals surface area (Å²) in [5.41, 5.74) is 2.62. The molecule has 0 unspecified atom stereocenters. The number of nitrogens with zero attached hydrogens (tertiary/aromatic N) is 3. The fourth-order valence-corrected chi connectivity index (χ4v) is 3.40. The normalized spacial score (nSPS) is 15.7. The third-order valence-corrected chi connectivity index (χ3v) is 5.12. The van der Waals surface area contributed by atoms with Gasteiger partial charge in [-0.15, -0.1) is 0 Å². The van der Waals surface area contributed by atoms with Gasteiger partial charge in [0.15, 0.2) is 0 Å². The molecule has 12 heteroatoms. The number of hydrogen-bond donors (Lipinski definition) is 0. The molecule has 2 heterocycles. The van der Waals surface area contributed by atoms with Crippen LogP contribution in [0.3, 0.4) is 0 Å². The quantitative estimate of drug-likeness (QED) is 0.583. The number of benzene rings is 1. The minimum absolute atomic E-state index is 0.128. The summed E-state index contributed by atoms with van der Waals surface area (Å²) in [7, 11) is 0. The van der Waals surface area contributed by atoms with Crippen LogP contribution in [-0.2, 0) is 11.3 Å². The van der Waals surface area contributed by atoms with E-state index in [4.69, 9.17) is 0 Å². The second-order valence-corrected chi connectivity index (χ2v) is 7.60. The Kier molecular flexibility index (Phi) is 7.15. The molecule has 0 saturated carbocycles. The largest absolute Gasteiger partial charge is 0.434 e. The molecule has 5 nitrogen and oxygen atoms in total. The van der Waals surface area contributed by atoms with E-state index in [1.54, 1.807) is 29.3 Å². The predicted molar refractivity (Wildman–Crippen MR) is 104 cm³/mol. The van der Waals surface area contributed by atoms with Gasteiger partial charge in [-0.05, 0) is 36.2 Å². The van der Waals surface area contributed by atoms with E-state index in [0.717, 1.165) is 16.2 Å². The second-order valence-electron chi connectivity index (χ2n) is 7.60. The fraction of sp³-hybridized carbons (Fsp3) is 0.429. The van der Waals surface area contributed by atoms with Crippen LogP contribution in [0.1, 0.15) is 11.3 Å². The van der Waals surface area contributed by atoms with Crippen LogP contribution in [0.5, 0.6) is 0 Å². The van der Waals surface area contributed by atoms with Crippen molar-refractivity contribution in [2.75, 3.05) is 26.2 Å². The van der Waals surface area contributed by atoms with Crippen LogP contribution in [0.15, 0.2) is 36.5 Å². The van der Waals surface area contributed by atoms with E-state index in [-0.39, 0.29) is 32.7 Å². The molecule has 1 fully saturated rings. The molecule has 0 bridgehead atoms. The molecule has 180 valence electrons. The van der Waals surface area contributed by atoms with Crippen molar-refractivity contribution in [2.45, 2.75) is 31.9 Å². The zero-order valence-corrected chi connectivity index (χ0v) is 17.4. The van der Waals surface area contributed by atoms with Gasteiger partial charge < -0.3 is 9.64 Å². The van der Waals surface area contributed by atoms with E-state index in [2.05, 4.69) is 9.72 Å². The van der Waals surface area contributed by atoms with E-state index in [9.17, 15) is 35.5 Å². The van der Waals surface area contributed by atoms with E-state index in [0.29, 0.717) is 11.1 Å². The highest BCUT2D eigenvalue weighted by molar-refractivity contribution is 5.68. The smallest absolute Gasteiger partial charge is 0.426 e. The van der Waals surface area contributed by atoms with Gasteiger partial charge in [0.1, 0.15) is 5.82 Å². The number of amides is 1. The van der Waals surface area contributed by atoms with Gasteiger partial charge in [-0.3, -0.25) is 9.88 Å². The summed E-state index contributed by atoms with van der Waals surface area (Å²) in [4.78, 5) is 18.4. The van der Waals surface area contributed by atoms with Crippen LogP contribution >= 0.6 is 0 Å². The van der Waals surface area contributed by atoms with Gasteiger partial charge in [-0.25, -0.2) is 9.18 Å². The minimum atomic E-state index is -5.77. The fourth-order valence-electron chi connectivity index (χ4n) is 3.40. The van der Waals surface area contributed by atoms with Crippen molar-refractivity contribution in [1.29, 1.82) is 0 Å². The summed E-state index contributed by atoms with van der Waals surface area (Å²) in [6.07, 6.45) is -15.8. The Hall–Kier alpha value is -2.89. The van der Waals surface area contributed by atoms with E-state index in [1.165, 1.54) is 6.07 Å². The van der Waals surface area contributed by atoms with Gasteiger partial charge in [0.2, 0.25) is 0 Å². The maximum atomic E-state index is 14.6. The predicted octanol–water partition coefficient (Wildman–Crippen LogP) is 4.94. The van der Waals surface area contributed by atoms with Crippen molar-refractivity contribution in [3.63, 3.8) is 0 Å². The number of alkyl halides is 6. The first kappa shape index (κ1) is 24.7. The molecule has 1 aromatic carbocycles. The number of carbonyl (C=O) groups excluding carboxylic acids is 1. The molecule has 0 atom stereocenters. The monoisotopic (exact) mass is 479 g/mol. The van der Waals surface area contributed by atoms with Gasteiger partial charge in [0.05, 0.1) is 0 Å². The molecule has 1 aliphatic heterocycles. The molecule has 1 saturated heterocycles. The van der Waals surface area contributed by atoms with E-state index in [1.807, 2.05) is 13.0 Å². The van der Waals surface area contributed by atoms with Crippen LogP contribution in [0.25, 0.3) is 11.1 Å². The molecule has 0 N–H and O–H groups in total. The van der Waals surface area contributed by atoms with Gasteiger partial charge >= 0.3 is 18.4 Å². The molecule has 1 aliphatic rings. The van der Waals surface area contributed by atoms with Crippen LogP contribution in [-0.4, -0.2) is 65.5 Å². The summed E-state index contributed by atoms with van der Waals surface area (Å²) < 4.78 is 93.8. The van der Waals surface area contributed by atoms with Crippen molar-refractivity contribution >= 4 is 6.09 Å². The van der Waals surface area contributed by atoms with Crippen LogP contribution in [0.2, 0.25) is 0 Å². The Morgan fingerprint density at radius 2 is 1.61 bits per heavy atom. The highest BCUT2D eigenvalue weighted by Crippen LogP contribution is 2.36. The molecule has 0 spiro atoms. The lowest BCUT2D eigenvalue weighted by molar-refractivity contribution is -0.308. The Balaban J connectivity index is 1.57. The zero-order chi connectivity index (χ0) is 24.4. The molecule has 2 aromatic rings. The molecular weight excluding hydrogens is 459 g/mol. The number of piperazine rings is 1. The van der Waals surface area contributed by atoms with Gasteiger partial charge in [0, 0.05) is 50.2 Å². The summed E-state index contributed by atoms with van der Waals surface area (Å²) in [6, 6.07) is 8.30. The number of rotatable bonds is 4. The molecule has 0 radical (unpaired) electrons. The SMILES string of the molecule is Cc1cc(-c2ccc(CN3CCN(C(=O)OC(C(F)(F)F)C(F)(F)F)CC3)c(F)c2)ccn1. The maximum Gasteiger partial charge on any atom is 0.434 e. The number of hydrogen-bond acceptors (Lipinski definition) is 4. The molecule has 33 heavy (non-hydrogen) atoms. The highest BCUT2D eigenvalue weighted by Gasteiger charge is 2.60. The standard InChI is InChI=1S/C21H20F7N3O2/c1-13-10-15(4-5-29-13)14-2-3-16(17(22)11-14)12-30-6-8-31(9-7-30)19(32)33-18(20(23,24)25)21(26,27)28/h2-5,10-11,18H,6-9,12H2,1H3. The second kappa shape index (κ2) is 9.54. The van der Waals surface area contributed by atoms with Crippen molar-refractivity contribution in [3.8, 4) is 11.1 Å². The topological polar surface area (TPSA) is 45.7 Å². The minimum Gasteiger partial charge on any atom is -0.426 e. The van der Waals surface area contributed by atoms with Gasteiger partial charge in [-0.2, -0.15) is 26.3 Å². The Bertz CT molecular complexity index is 973. The average Bonchev–Trinajstić information content (AvgIpc) is 2.72. The first-order valence-electron chi connectivity index (χ1n) is 9.87. The van der Waals surface area contributed by atoms with Crippen molar-refractivity contribution in [2.24, 2.45) is 0 Å². The Labute approximate surface area is 184 Å². The van der Waals surface area contributed by atoms with Crippen molar-refractivity contribution in [3.05, 3.63) is 53.6 Å². The third kappa shape index (κ3) is 6.34. The molecule has 0 aliphatic carbocycles. The van der Waals surface area contributed by atoms with Gasteiger partial charge in [0.25, 0.3) is 6.10 Å². The Morgan fingerprint density at radius 3 is 2.15 bits per heavy atom. The maximum absolute atomic E-state index is 14.6. The lowest BCUT2D eigenvalue weighted by atomic mass is 10.0. The number of halogens is 7. The van der Waals surface area contributed by atoms with E-state index >= 15 is 0 Å². The lowest BCUT2D eigenvalue weighted by Gasteiger charge is -2.35. The summed E-state index contributed by atoms with van der Waals surface area (Å²) in [5, 5.41) is 0. The lowest BCUT2D eigenvalue weighted by Crippen LogP contribution is -2.52. The first-order chi connectivity index (χ1) is 15.3. The zero-order valence-electron chi connectivity index (χ0n) is 17.4. The highest BCUT2D eigenvalue weighted by atomic mass is 19.4. The number of pyridine rings is 1. The molecule has 3 rings (SSSR count). The summed E-state index contributed by atoms with van der Waals surface area (Å²) in [5.74, 6) is -0.456. The Morgan fingerprint density at radius 1 is 1.00 bits per heavy atom. The number of carbonyl (C=O) groups is 1. The van der Waals surface area contributed by atoms with Crippen LogP contribution < -0.4 is 0 Å². The summed E-state index contributed by atoms with van der Waals surface area (Å²) >= 11 is 0. The first-order valence-corrected chi connectivity index (χ1v) is 9.87. The molecular formula is C21H20F7N3O2. The van der Waals surface area contributed by atoms with Gasteiger partial charge in [-0.1, -0.05) is 12.1 Å². The molecule has 1 aromatic heterocycles. The van der Waals surface area contributed by atoms with Crippen molar-refractivity contribution in [1.82, 2.24) is 14.8 Å². The number of aryl methyl sites for hydroxylation is 1. The third-order valence-electron chi connectivity index (χ3n) is 5.12. The molecule has 1 amide bonds. The summed E-state index contributed by atoms with van der Waals surface area (Å²) in [6.45, 7) is 1.92. The average molecular weight is 479 g/mol. The number of aromatic nitrogens is 1. The van der Waals surface area contributed by atoms with E-state index < -0.39 is 30.4 Å². The number of ether oxygens (including phenoxy) is 1. The van der Waals surface area contributed by atoms with Crippen LogP contribution in [0.4, 0.5) is 35.5 Å². The van der Waals surface area contributed by atoms with Crippen molar-refractivity contribution < 1.29 is 40.3 Å². The van der Waals surface area contributed by atoms with Crippen LogP contribution in [0, 0.1) is 12.7 Å².